The fourth-order valence-electron chi connectivity index (χ4n) is 2.04. The molecule has 1 aliphatic rings. The van der Waals surface area contributed by atoms with Gasteiger partial charge in [0.05, 0.1) is 5.69 Å². The van der Waals surface area contributed by atoms with E-state index in [4.69, 9.17) is 4.52 Å². The maximum Gasteiger partial charge on any atom is 0.259 e. The van der Waals surface area contributed by atoms with Gasteiger partial charge in [-0.2, -0.15) is 0 Å². The van der Waals surface area contributed by atoms with Gasteiger partial charge < -0.3 is 9.42 Å². The molecule has 0 aromatic carbocycles. The Labute approximate surface area is 89.2 Å². The van der Waals surface area contributed by atoms with Gasteiger partial charge in [-0.15, -0.1) is 0 Å². The number of rotatable bonds is 1. The molecule has 4 nitrogen and oxygen atoms in total. The van der Waals surface area contributed by atoms with Crippen LogP contribution in [-0.2, 0) is 0 Å². The summed E-state index contributed by atoms with van der Waals surface area (Å²) < 4.78 is 4.79. The Morgan fingerprint density at radius 3 is 3.07 bits per heavy atom. The smallest absolute Gasteiger partial charge is 0.259 e. The van der Waals surface area contributed by atoms with Crippen LogP contribution in [0, 0.1) is 12.8 Å². The number of nitrogens with zero attached hydrogens (tertiary/aromatic N) is 2. The molecular formula is C11H16N2O2. The van der Waals surface area contributed by atoms with Gasteiger partial charge in [-0.05, 0) is 25.7 Å². The van der Waals surface area contributed by atoms with Crippen molar-refractivity contribution in [1.29, 1.82) is 0 Å². The molecule has 0 N–H and O–H groups in total. The van der Waals surface area contributed by atoms with Gasteiger partial charge >= 0.3 is 0 Å². The van der Waals surface area contributed by atoms with Crippen LogP contribution in [0.4, 0.5) is 0 Å². The van der Waals surface area contributed by atoms with Crippen molar-refractivity contribution >= 4 is 5.91 Å². The van der Waals surface area contributed by atoms with Crippen molar-refractivity contribution in [2.24, 2.45) is 5.92 Å². The van der Waals surface area contributed by atoms with E-state index < -0.39 is 0 Å². The topological polar surface area (TPSA) is 46.3 Å². The average molecular weight is 208 g/mol. The molecule has 0 radical (unpaired) electrons. The summed E-state index contributed by atoms with van der Waals surface area (Å²) in [6.45, 7) is 5.68. The number of aryl methyl sites for hydroxylation is 1. The van der Waals surface area contributed by atoms with E-state index in [0.29, 0.717) is 17.2 Å². The minimum Gasteiger partial charge on any atom is -0.364 e. The second-order valence-corrected chi connectivity index (χ2v) is 4.31. The molecule has 82 valence electrons. The Hall–Kier alpha value is -1.32. The first kappa shape index (κ1) is 10.2. The molecular weight excluding hydrogens is 192 g/mol. The highest BCUT2D eigenvalue weighted by atomic mass is 16.5. The quantitative estimate of drug-likeness (QED) is 0.707. The maximum atomic E-state index is 12.1. The van der Waals surface area contributed by atoms with Crippen molar-refractivity contribution in [2.45, 2.75) is 26.7 Å². The van der Waals surface area contributed by atoms with Crippen molar-refractivity contribution in [1.82, 2.24) is 10.1 Å². The molecule has 1 amide bonds. The molecule has 1 aliphatic heterocycles. The SMILES string of the molecule is Cc1nocc1C(=O)N1CCCC(C)C1. The fraction of sp³-hybridized carbons (Fsp3) is 0.636. The molecule has 1 fully saturated rings. The lowest BCUT2D eigenvalue weighted by molar-refractivity contribution is 0.0681. The van der Waals surface area contributed by atoms with Crippen LogP contribution in [0.2, 0.25) is 0 Å². The predicted molar refractivity (Wildman–Crippen MR) is 55.5 cm³/mol. The lowest BCUT2D eigenvalue weighted by Gasteiger charge is -2.30. The van der Waals surface area contributed by atoms with Gasteiger partial charge in [0.25, 0.3) is 5.91 Å². The molecule has 1 atom stereocenters. The van der Waals surface area contributed by atoms with E-state index >= 15 is 0 Å². The summed E-state index contributed by atoms with van der Waals surface area (Å²) in [6, 6.07) is 0. The summed E-state index contributed by atoms with van der Waals surface area (Å²) in [4.78, 5) is 13.9. The minimum atomic E-state index is 0.0558. The first-order valence-corrected chi connectivity index (χ1v) is 5.38. The van der Waals surface area contributed by atoms with Crippen molar-refractivity contribution in [3.05, 3.63) is 17.5 Å². The molecule has 1 saturated heterocycles. The standard InChI is InChI=1S/C11H16N2O2/c1-8-4-3-5-13(6-8)11(14)10-7-15-12-9(10)2/h7-8H,3-6H2,1-2H3. The van der Waals surface area contributed by atoms with Gasteiger partial charge in [0.15, 0.2) is 0 Å². The summed E-state index contributed by atoms with van der Waals surface area (Å²) in [5.41, 5.74) is 1.28. The third-order valence-electron chi connectivity index (χ3n) is 2.92. The third-order valence-corrected chi connectivity index (χ3v) is 2.92. The van der Waals surface area contributed by atoms with Gasteiger partial charge in [0.2, 0.25) is 0 Å². The number of amides is 1. The van der Waals surface area contributed by atoms with Gasteiger partial charge in [0, 0.05) is 13.1 Å². The van der Waals surface area contributed by atoms with Crippen LogP contribution in [0.3, 0.4) is 0 Å². The monoisotopic (exact) mass is 208 g/mol. The highest BCUT2D eigenvalue weighted by Gasteiger charge is 2.24. The fourth-order valence-corrected chi connectivity index (χ4v) is 2.04. The van der Waals surface area contributed by atoms with E-state index in [0.717, 1.165) is 19.5 Å². The normalized spacial score (nSPS) is 21.7. The molecule has 0 aliphatic carbocycles. The van der Waals surface area contributed by atoms with Crippen LogP contribution in [0.5, 0.6) is 0 Å². The Kier molecular flexibility index (Phi) is 2.75. The number of carbonyl (C=O) groups is 1. The van der Waals surface area contributed by atoms with Gasteiger partial charge in [0.1, 0.15) is 11.8 Å². The number of piperidine rings is 1. The van der Waals surface area contributed by atoms with Crippen molar-refractivity contribution in [3.63, 3.8) is 0 Å². The van der Waals surface area contributed by atoms with Gasteiger partial charge in [-0.3, -0.25) is 4.79 Å². The van der Waals surface area contributed by atoms with Crippen molar-refractivity contribution in [2.75, 3.05) is 13.1 Å². The summed E-state index contributed by atoms with van der Waals surface area (Å²) in [5.74, 6) is 0.656. The molecule has 2 heterocycles. The number of aromatic nitrogens is 1. The first-order valence-electron chi connectivity index (χ1n) is 5.38. The lowest BCUT2D eigenvalue weighted by Crippen LogP contribution is -2.39. The number of hydrogen-bond donors (Lipinski definition) is 0. The van der Waals surface area contributed by atoms with E-state index in [2.05, 4.69) is 12.1 Å². The second-order valence-electron chi connectivity index (χ2n) is 4.31. The van der Waals surface area contributed by atoms with Crippen molar-refractivity contribution in [3.8, 4) is 0 Å². The molecule has 1 aromatic heterocycles. The zero-order chi connectivity index (χ0) is 10.8. The highest BCUT2D eigenvalue weighted by molar-refractivity contribution is 5.94. The highest BCUT2D eigenvalue weighted by Crippen LogP contribution is 2.18. The van der Waals surface area contributed by atoms with Gasteiger partial charge in [-0.25, -0.2) is 0 Å². The molecule has 2 rings (SSSR count). The lowest BCUT2D eigenvalue weighted by atomic mass is 10.00. The Morgan fingerprint density at radius 1 is 1.67 bits per heavy atom. The molecule has 1 unspecified atom stereocenters. The molecule has 1 aromatic rings. The van der Waals surface area contributed by atoms with E-state index in [1.165, 1.54) is 12.7 Å². The van der Waals surface area contributed by atoms with Crippen LogP contribution >= 0.6 is 0 Å². The number of carbonyl (C=O) groups excluding carboxylic acids is 1. The summed E-state index contributed by atoms with van der Waals surface area (Å²) in [6.07, 6.45) is 3.75. The van der Waals surface area contributed by atoms with E-state index in [9.17, 15) is 4.79 Å². The molecule has 15 heavy (non-hydrogen) atoms. The molecule has 0 saturated carbocycles. The van der Waals surface area contributed by atoms with E-state index in [-0.39, 0.29) is 5.91 Å². The Bertz CT molecular complexity index is 359. The van der Waals surface area contributed by atoms with Crippen LogP contribution in [0.25, 0.3) is 0 Å². The molecule has 0 bridgehead atoms. The minimum absolute atomic E-state index is 0.0558. The predicted octanol–water partition coefficient (Wildman–Crippen LogP) is 1.86. The second kappa shape index (κ2) is 4.04. The number of likely N-dealkylation sites (tertiary alicyclic amines) is 1. The van der Waals surface area contributed by atoms with Crippen LogP contribution in [0.1, 0.15) is 35.8 Å². The Morgan fingerprint density at radius 2 is 2.47 bits per heavy atom. The molecule has 4 heteroatoms. The first-order chi connectivity index (χ1) is 7.18. The molecule has 0 spiro atoms. The Balaban J connectivity index is 2.11. The van der Waals surface area contributed by atoms with Gasteiger partial charge in [-0.1, -0.05) is 12.1 Å². The van der Waals surface area contributed by atoms with Crippen molar-refractivity contribution < 1.29 is 9.32 Å². The largest absolute Gasteiger partial charge is 0.364 e. The van der Waals surface area contributed by atoms with Crippen LogP contribution < -0.4 is 0 Å². The number of hydrogen-bond acceptors (Lipinski definition) is 3. The van der Waals surface area contributed by atoms with Crippen LogP contribution in [-0.4, -0.2) is 29.1 Å². The zero-order valence-electron chi connectivity index (χ0n) is 9.19. The van der Waals surface area contributed by atoms with E-state index in [1.54, 1.807) is 6.92 Å². The maximum absolute atomic E-state index is 12.1. The summed E-state index contributed by atoms with van der Waals surface area (Å²) >= 11 is 0. The summed E-state index contributed by atoms with van der Waals surface area (Å²) in [7, 11) is 0. The van der Waals surface area contributed by atoms with E-state index in [1.807, 2.05) is 4.90 Å². The zero-order valence-corrected chi connectivity index (χ0v) is 9.19. The van der Waals surface area contributed by atoms with Crippen LogP contribution in [0.15, 0.2) is 10.8 Å². The third kappa shape index (κ3) is 2.03. The summed E-state index contributed by atoms with van der Waals surface area (Å²) in [5, 5.41) is 3.73. The average Bonchev–Trinajstić information content (AvgIpc) is 2.63.